The Hall–Kier alpha value is -1.59. The van der Waals surface area contributed by atoms with Crippen LogP contribution in [0.5, 0.6) is 0 Å². The third kappa shape index (κ3) is 3.10. The smallest absolute Gasteiger partial charge is 0.313 e. The predicted molar refractivity (Wildman–Crippen MR) is 85.9 cm³/mol. The van der Waals surface area contributed by atoms with Crippen LogP contribution in [0.3, 0.4) is 0 Å². The molecule has 22 heavy (non-hydrogen) atoms. The van der Waals surface area contributed by atoms with Gasteiger partial charge >= 0.3 is 11.8 Å². The quantitative estimate of drug-likeness (QED) is 0.805. The van der Waals surface area contributed by atoms with Gasteiger partial charge in [-0.15, -0.1) is 0 Å². The van der Waals surface area contributed by atoms with Gasteiger partial charge in [-0.25, -0.2) is 0 Å². The number of rotatable bonds is 1. The Labute approximate surface area is 135 Å². The molecule has 3 rings (SSSR count). The van der Waals surface area contributed by atoms with E-state index in [-0.39, 0.29) is 6.04 Å². The SMILES string of the molecule is C[C@H]1CN2CCC[C@@H]2CN1C(=O)C(=O)Nc1cccc(Cl)c1. The van der Waals surface area contributed by atoms with E-state index in [1.165, 1.54) is 6.42 Å². The summed E-state index contributed by atoms with van der Waals surface area (Å²) >= 11 is 5.89. The van der Waals surface area contributed by atoms with Gasteiger partial charge in [-0.05, 0) is 44.5 Å². The van der Waals surface area contributed by atoms with Crippen LogP contribution in [0.1, 0.15) is 19.8 Å². The van der Waals surface area contributed by atoms with Gasteiger partial charge in [-0.3, -0.25) is 14.5 Å². The first-order valence-electron chi connectivity index (χ1n) is 7.66. The van der Waals surface area contributed by atoms with Crippen molar-refractivity contribution in [1.82, 2.24) is 9.80 Å². The molecule has 2 heterocycles. The van der Waals surface area contributed by atoms with Crippen molar-refractivity contribution >= 4 is 29.1 Å². The van der Waals surface area contributed by atoms with Crippen LogP contribution in [-0.4, -0.2) is 53.3 Å². The Morgan fingerprint density at radius 2 is 2.14 bits per heavy atom. The lowest BCUT2D eigenvalue weighted by Gasteiger charge is -2.41. The maximum absolute atomic E-state index is 12.4. The van der Waals surface area contributed by atoms with E-state index in [0.29, 0.717) is 23.3 Å². The molecule has 2 aliphatic heterocycles. The zero-order chi connectivity index (χ0) is 15.7. The van der Waals surface area contributed by atoms with Crippen molar-refractivity contribution in [2.24, 2.45) is 0 Å². The number of amides is 2. The topological polar surface area (TPSA) is 52.7 Å². The number of hydrogen-bond acceptors (Lipinski definition) is 3. The second-order valence-electron chi connectivity index (χ2n) is 6.06. The van der Waals surface area contributed by atoms with E-state index in [1.54, 1.807) is 29.2 Å². The van der Waals surface area contributed by atoms with E-state index < -0.39 is 11.8 Å². The van der Waals surface area contributed by atoms with E-state index in [1.807, 2.05) is 6.92 Å². The minimum absolute atomic E-state index is 0.0620. The lowest BCUT2D eigenvalue weighted by molar-refractivity contribution is -0.147. The lowest BCUT2D eigenvalue weighted by atomic mass is 10.1. The number of piperazine rings is 1. The molecule has 0 bridgehead atoms. The fraction of sp³-hybridized carbons (Fsp3) is 0.500. The summed E-state index contributed by atoms with van der Waals surface area (Å²) in [6.07, 6.45) is 2.28. The summed E-state index contributed by atoms with van der Waals surface area (Å²) in [5, 5.41) is 3.16. The van der Waals surface area contributed by atoms with Gasteiger partial charge in [0.1, 0.15) is 0 Å². The molecule has 118 valence electrons. The maximum Gasteiger partial charge on any atom is 0.313 e. The van der Waals surface area contributed by atoms with Crippen molar-refractivity contribution < 1.29 is 9.59 Å². The predicted octanol–water partition coefficient (Wildman–Crippen LogP) is 1.97. The van der Waals surface area contributed by atoms with Gasteiger partial charge in [0.15, 0.2) is 0 Å². The minimum Gasteiger partial charge on any atom is -0.329 e. The summed E-state index contributed by atoms with van der Waals surface area (Å²) in [6, 6.07) is 7.27. The van der Waals surface area contributed by atoms with Crippen LogP contribution in [0.4, 0.5) is 5.69 Å². The Balaban J connectivity index is 1.66. The van der Waals surface area contributed by atoms with Gasteiger partial charge in [0.05, 0.1) is 0 Å². The summed E-state index contributed by atoms with van der Waals surface area (Å²) in [5.41, 5.74) is 0.540. The first kappa shape index (κ1) is 15.3. The second-order valence-corrected chi connectivity index (χ2v) is 6.50. The van der Waals surface area contributed by atoms with E-state index in [0.717, 1.165) is 19.5 Å². The summed E-state index contributed by atoms with van der Waals surface area (Å²) in [7, 11) is 0. The molecule has 5 nitrogen and oxygen atoms in total. The summed E-state index contributed by atoms with van der Waals surface area (Å²) in [6.45, 7) is 4.59. The number of carbonyl (C=O) groups is 2. The molecule has 0 unspecified atom stereocenters. The molecule has 0 spiro atoms. The van der Waals surface area contributed by atoms with E-state index >= 15 is 0 Å². The number of carbonyl (C=O) groups excluding carboxylic acids is 2. The standard InChI is InChI=1S/C16H20ClN3O2/c1-11-9-19-7-3-6-14(19)10-20(11)16(22)15(21)18-13-5-2-4-12(17)8-13/h2,4-5,8,11,14H,3,6-7,9-10H2,1H3,(H,18,21)/t11-,14+/m0/s1. The number of nitrogens with zero attached hydrogens (tertiary/aromatic N) is 2. The van der Waals surface area contributed by atoms with Crippen molar-refractivity contribution in [3.8, 4) is 0 Å². The molecular formula is C16H20ClN3O2. The number of hydrogen-bond donors (Lipinski definition) is 1. The van der Waals surface area contributed by atoms with Gasteiger partial charge in [0, 0.05) is 35.9 Å². The molecular weight excluding hydrogens is 302 g/mol. The number of benzene rings is 1. The molecule has 1 aromatic rings. The largest absolute Gasteiger partial charge is 0.329 e. The highest BCUT2D eigenvalue weighted by atomic mass is 35.5. The van der Waals surface area contributed by atoms with Gasteiger partial charge in [0.25, 0.3) is 0 Å². The summed E-state index contributed by atoms with van der Waals surface area (Å²) in [5.74, 6) is -1.06. The molecule has 0 radical (unpaired) electrons. The van der Waals surface area contributed by atoms with E-state index in [2.05, 4.69) is 10.2 Å². The average molecular weight is 322 g/mol. The van der Waals surface area contributed by atoms with Crippen molar-refractivity contribution in [3.63, 3.8) is 0 Å². The van der Waals surface area contributed by atoms with Crippen molar-refractivity contribution in [3.05, 3.63) is 29.3 Å². The number of anilines is 1. The molecule has 2 aliphatic rings. The molecule has 1 aromatic carbocycles. The summed E-state index contributed by atoms with van der Waals surface area (Å²) < 4.78 is 0. The van der Waals surface area contributed by atoms with E-state index in [4.69, 9.17) is 11.6 Å². The van der Waals surface area contributed by atoms with Gasteiger partial charge in [0.2, 0.25) is 0 Å². The van der Waals surface area contributed by atoms with Crippen LogP contribution >= 0.6 is 11.6 Å². The lowest BCUT2D eigenvalue weighted by Crippen LogP contribution is -2.58. The number of nitrogens with one attached hydrogen (secondary N) is 1. The van der Waals surface area contributed by atoms with Crippen molar-refractivity contribution in [2.45, 2.75) is 31.8 Å². The normalized spacial score (nSPS) is 24.9. The highest BCUT2D eigenvalue weighted by Gasteiger charge is 2.38. The van der Waals surface area contributed by atoms with Crippen LogP contribution in [-0.2, 0) is 9.59 Å². The fourth-order valence-electron chi connectivity index (χ4n) is 3.35. The third-order valence-corrected chi connectivity index (χ3v) is 4.71. The Morgan fingerprint density at radius 3 is 2.91 bits per heavy atom. The van der Waals surface area contributed by atoms with E-state index in [9.17, 15) is 9.59 Å². The maximum atomic E-state index is 12.4. The Morgan fingerprint density at radius 1 is 1.32 bits per heavy atom. The van der Waals surface area contributed by atoms with Crippen LogP contribution in [0, 0.1) is 0 Å². The molecule has 0 aliphatic carbocycles. The highest BCUT2D eigenvalue weighted by molar-refractivity contribution is 6.39. The zero-order valence-electron chi connectivity index (χ0n) is 12.6. The molecule has 2 fully saturated rings. The molecule has 0 aromatic heterocycles. The highest BCUT2D eigenvalue weighted by Crippen LogP contribution is 2.24. The summed E-state index contributed by atoms with van der Waals surface area (Å²) in [4.78, 5) is 28.8. The number of fused-ring (bicyclic) bond motifs is 1. The molecule has 0 saturated carbocycles. The third-order valence-electron chi connectivity index (χ3n) is 4.47. The van der Waals surface area contributed by atoms with Crippen LogP contribution in [0.15, 0.2) is 24.3 Å². The van der Waals surface area contributed by atoms with Crippen LogP contribution in [0.25, 0.3) is 0 Å². The molecule has 2 saturated heterocycles. The molecule has 2 atom stereocenters. The van der Waals surface area contributed by atoms with Crippen LogP contribution < -0.4 is 5.32 Å². The Bertz CT molecular complexity index is 593. The zero-order valence-corrected chi connectivity index (χ0v) is 13.3. The Kier molecular flexibility index (Phi) is 4.36. The van der Waals surface area contributed by atoms with Gasteiger partial charge in [-0.2, -0.15) is 0 Å². The fourth-order valence-corrected chi connectivity index (χ4v) is 3.54. The first-order chi connectivity index (χ1) is 10.5. The molecule has 1 N–H and O–H groups in total. The monoisotopic (exact) mass is 321 g/mol. The average Bonchev–Trinajstić information content (AvgIpc) is 2.92. The minimum atomic E-state index is -0.597. The molecule has 2 amide bonds. The number of halogens is 1. The first-order valence-corrected chi connectivity index (χ1v) is 8.04. The van der Waals surface area contributed by atoms with Crippen molar-refractivity contribution in [2.75, 3.05) is 25.0 Å². The van der Waals surface area contributed by atoms with Crippen LogP contribution in [0.2, 0.25) is 5.02 Å². The molecule has 6 heteroatoms. The van der Waals surface area contributed by atoms with Gasteiger partial charge < -0.3 is 10.2 Å². The van der Waals surface area contributed by atoms with Gasteiger partial charge in [-0.1, -0.05) is 17.7 Å². The van der Waals surface area contributed by atoms with Crippen molar-refractivity contribution in [1.29, 1.82) is 0 Å². The second kappa shape index (κ2) is 6.26.